The third-order valence-electron chi connectivity index (χ3n) is 1.29. The first-order valence-corrected chi connectivity index (χ1v) is 4.90. The summed E-state index contributed by atoms with van der Waals surface area (Å²) in [6.45, 7) is -1.02. The number of aliphatic hydroxyl groups is 3. The second-order valence-corrected chi connectivity index (χ2v) is 3.58. The molecule has 0 amide bonds. The smallest absolute Gasteiger partial charge is 0.790 e. The Morgan fingerprint density at radius 2 is 1.75 bits per heavy atom. The summed E-state index contributed by atoms with van der Waals surface area (Å²) in [6, 6.07) is 0. The number of phosphoric ester groups is 1. The van der Waals surface area contributed by atoms with Crippen molar-refractivity contribution in [3.8, 4) is 0 Å². The van der Waals surface area contributed by atoms with E-state index in [0.29, 0.717) is 0 Å². The molecule has 0 rings (SSSR count). The van der Waals surface area contributed by atoms with Gasteiger partial charge in [0, 0.05) is 0 Å². The van der Waals surface area contributed by atoms with Gasteiger partial charge >= 0.3 is 48.9 Å². The molecule has 0 aliphatic heterocycles. The topological polar surface area (TPSA) is 182 Å². The van der Waals surface area contributed by atoms with Crippen LogP contribution >= 0.6 is 7.82 Å². The molecule has 0 fully saturated rings. The van der Waals surface area contributed by atoms with Crippen LogP contribution in [0.25, 0.3) is 0 Å². The molecule has 0 spiro atoms. The molecule has 0 radical (unpaired) electrons. The first kappa shape index (κ1) is 22.4. The van der Waals surface area contributed by atoms with Gasteiger partial charge in [0.05, 0.1) is 14.4 Å². The zero-order valence-corrected chi connectivity index (χ0v) is 13.4. The van der Waals surface area contributed by atoms with E-state index in [0.717, 1.165) is 0 Å². The van der Waals surface area contributed by atoms with E-state index in [9.17, 15) is 19.1 Å². The van der Waals surface area contributed by atoms with E-state index < -0.39 is 32.7 Å². The van der Waals surface area contributed by atoms with E-state index in [1.165, 1.54) is 0 Å². The van der Waals surface area contributed by atoms with E-state index in [2.05, 4.69) is 4.52 Å². The van der Waals surface area contributed by atoms with Crippen LogP contribution in [0.4, 0.5) is 0 Å². The van der Waals surface area contributed by atoms with Crippen LogP contribution in [0.3, 0.4) is 0 Å². The van der Waals surface area contributed by atoms with Gasteiger partial charge in [-0.3, -0.25) is 0 Å². The Kier molecular flexibility index (Phi) is 14.2. The maximum Gasteiger partial charge on any atom is 2.00 e. The summed E-state index contributed by atoms with van der Waals surface area (Å²) in [6.07, 6.45) is -5.67. The molecule has 0 aromatic carbocycles. The van der Waals surface area contributed by atoms with Crippen LogP contribution < -0.4 is 9.79 Å². The molecule has 0 saturated heterocycles. The summed E-state index contributed by atoms with van der Waals surface area (Å²) in [4.78, 5) is 29.8. The van der Waals surface area contributed by atoms with Gasteiger partial charge in [-0.05, 0) is 0 Å². The van der Waals surface area contributed by atoms with Gasteiger partial charge < -0.3 is 44.5 Å². The Hall–Kier alpha value is 1.19. The minimum absolute atomic E-state index is 0. The van der Waals surface area contributed by atoms with E-state index in [-0.39, 0.29) is 60.6 Å². The van der Waals surface area contributed by atoms with Gasteiger partial charge in [-0.2, -0.15) is 0 Å². The maximum absolute atomic E-state index is 9.92. The molecule has 0 aromatic rings. The van der Waals surface area contributed by atoms with Gasteiger partial charge in [-0.25, -0.2) is 0 Å². The molecule has 0 saturated carbocycles. The average Bonchev–Trinajstić information content (AvgIpc) is 2.10. The fourth-order valence-electron chi connectivity index (χ4n) is 0.574. The Morgan fingerprint density at radius 3 is 2.06 bits per heavy atom. The molecule has 0 bridgehead atoms. The second-order valence-electron chi connectivity index (χ2n) is 2.43. The molecule has 0 unspecified atom stereocenters. The number of carbonyl (C=O) groups excluding carboxylic acids is 1. The van der Waals surface area contributed by atoms with Crippen LogP contribution in [0.5, 0.6) is 0 Å². The van der Waals surface area contributed by atoms with Gasteiger partial charge in [0.1, 0.15) is 18.3 Å². The van der Waals surface area contributed by atoms with Gasteiger partial charge in [0.2, 0.25) is 0 Å². The van der Waals surface area contributed by atoms with Crippen LogP contribution in [0.1, 0.15) is 0 Å². The van der Waals surface area contributed by atoms with Crippen molar-refractivity contribution in [2.75, 3.05) is 6.61 Å². The van der Waals surface area contributed by atoms with Crippen LogP contribution in [-0.2, 0) is 13.9 Å². The Balaban J connectivity index is -0.000000845. The Morgan fingerprint density at radius 1 is 1.31 bits per heavy atom. The molecule has 0 heterocycles. The third-order valence-corrected chi connectivity index (χ3v) is 1.75. The number of hydrogen-bond acceptors (Lipinski definition) is 8. The van der Waals surface area contributed by atoms with Crippen molar-refractivity contribution in [3.05, 3.63) is 0 Å². The summed E-state index contributed by atoms with van der Waals surface area (Å²) >= 11 is 0. The minimum atomic E-state index is -5.24. The summed E-state index contributed by atoms with van der Waals surface area (Å²) in [5.74, 6) is 0. The van der Waals surface area contributed by atoms with E-state index in [1.807, 2.05) is 0 Å². The number of rotatable bonds is 6. The van der Waals surface area contributed by atoms with Crippen LogP contribution in [0.15, 0.2) is 0 Å². The molecular formula is C5H11BaO9P. The molecule has 3 atom stereocenters. The first-order valence-electron chi connectivity index (χ1n) is 3.44. The van der Waals surface area contributed by atoms with Crippen LogP contribution in [0, 0.1) is 0 Å². The summed E-state index contributed by atoms with van der Waals surface area (Å²) in [7, 11) is -5.24. The molecule has 0 aliphatic carbocycles. The monoisotopic (exact) mass is 384 g/mol. The van der Waals surface area contributed by atoms with E-state index >= 15 is 0 Å². The SMILES string of the molecule is O.O=C[C@H](O)[C@H](O)[C@H](O)COP(=O)([O-])[O-].[Ba+2]. The zero-order chi connectivity index (χ0) is 11.4. The number of aldehydes is 1. The third kappa shape index (κ3) is 10.4. The number of aliphatic hydroxyl groups excluding tert-OH is 3. The van der Waals surface area contributed by atoms with Crippen molar-refractivity contribution in [3.63, 3.8) is 0 Å². The van der Waals surface area contributed by atoms with Crippen molar-refractivity contribution in [1.82, 2.24) is 0 Å². The number of carbonyl (C=O) groups is 1. The molecule has 0 aromatic heterocycles. The molecule has 11 heteroatoms. The summed E-state index contributed by atoms with van der Waals surface area (Å²) in [5.41, 5.74) is 0. The van der Waals surface area contributed by atoms with E-state index in [4.69, 9.17) is 15.3 Å². The average molecular weight is 383 g/mol. The normalized spacial score (nSPS) is 16.3. The molecular weight excluding hydrogens is 372 g/mol. The predicted octanol–water partition coefficient (Wildman–Crippen LogP) is -5.09. The fourth-order valence-corrected chi connectivity index (χ4v) is 0.910. The fraction of sp³-hybridized carbons (Fsp3) is 0.800. The zero-order valence-electron chi connectivity index (χ0n) is 8.05. The van der Waals surface area contributed by atoms with Crippen molar-refractivity contribution in [2.24, 2.45) is 0 Å². The van der Waals surface area contributed by atoms with Gasteiger partial charge in [0.15, 0.2) is 6.29 Å². The molecule has 5 N–H and O–H groups in total. The maximum atomic E-state index is 9.92. The van der Waals surface area contributed by atoms with Crippen molar-refractivity contribution < 1.29 is 44.5 Å². The Labute approximate surface area is 131 Å². The van der Waals surface area contributed by atoms with Crippen LogP contribution in [-0.4, -0.2) is 101 Å². The van der Waals surface area contributed by atoms with Gasteiger partial charge in [0.25, 0.3) is 0 Å². The molecule has 92 valence electrons. The second kappa shape index (κ2) is 10.1. The first-order chi connectivity index (χ1) is 6.28. The molecule has 16 heavy (non-hydrogen) atoms. The largest absolute Gasteiger partial charge is 2.00 e. The number of phosphoric acid groups is 1. The quantitative estimate of drug-likeness (QED) is 0.231. The van der Waals surface area contributed by atoms with Crippen molar-refractivity contribution in [1.29, 1.82) is 0 Å². The molecule has 9 nitrogen and oxygen atoms in total. The summed E-state index contributed by atoms with van der Waals surface area (Å²) in [5, 5.41) is 26.4. The minimum Gasteiger partial charge on any atom is -0.790 e. The summed E-state index contributed by atoms with van der Waals surface area (Å²) < 4.78 is 13.5. The van der Waals surface area contributed by atoms with Gasteiger partial charge in [-0.15, -0.1) is 0 Å². The van der Waals surface area contributed by atoms with Crippen molar-refractivity contribution in [2.45, 2.75) is 18.3 Å². The predicted molar refractivity (Wildman–Crippen MR) is 47.0 cm³/mol. The van der Waals surface area contributed by atoms with Crippen LogP contribution in [0.2, 0.25) is 0 Å². The van der Waals surface area contributed by atoms with E-state index in [1.54, 1.807) is 0 Å². The Bertz CT molecular complexity index is 230. The number of hydrogen-bond donors (Lipinski definition) is 3. The molecule has 0 aliphatic rings. The van der Waals surface area contributed by atoms with Crippen molar-refractivity contribution >= 4 is 63.0 Å². The van der Waals surface area contributed by atoms with Gasteiger partial charge in [-0.1, -0.05) is 0 Å². The standard InChI is InChI=1S/C5H11O8P.Ba.H2O/c6-1-3(7)5(9)4(8)2-13-14(10,11)12;;/h1,3-5,7-9H,2H2,(H2,10,11,12);;1H2/q;+2;/p-2/t3-,4+,5-;;/m0../s1.